The normalized spacial score (nSPS) is 35.0. The Balaban J connectivity index is 1.38. The van der Waals surface area contributed by atoms with Crippen LogP contribution in [0.1, 0.15) is 37.7 Å². The van der Waals surface area contributed by atoms with Crippen LogP contribution in [0.3, 0.4) is 0 Å². The molecular weight excluding hydrogens is 280 g/mol. The topological polar surface area (TPSA) is 15.7 Å². The van der Waals surface area contributed by atoms with Crippen LogP contribution >= 0.6 is 11.3 Å². The maximum absolute atomic E-state index is 6.30. The minimum atomic E-state index is 0.154. The number of hydrogen-bond donors (Lipinski definition) is 0. The lowest BCUT2D eigenvalue weighted by molar-refractivity contribution is -0.0961. The lowest BCUT2D eigenvalue weighted by atomic mass is 9.89. The summed E-state index contributed by atoms with van der Waals surface area (Å²) in [6.45, 7) is 7.03. The molecule has 0 unspecified atom stereocenters. The first-order valence-electron chi connectivity index (χ1n) is 8.44. The summed E-state index contributed by atoms with van der Waals surface area (Å²) in [5.74, 6) is 0. The average Bonchev–Trinajstić information content (AvgIpc) is 3.22. The van der Waals surface area contributed by atoms with Crippen molar-refractivity contribution in [2.45, 2.75) is 50.3 Å². The standard InChI is InChI=1S/C17H26N2OS/c1-2-7-19(6-1)16-3-9-20-17(11-16)5-8-18(14-17)12-15-4-10-21-13-15/h4,10,13,16H,1-3,5-9,11-12,14H2/t16-,17+/m1/s1. The monoisotopic (exact) mass is 306 g/mol. The molecule has 4 heterocycles. The van der Waals surface area contributed by atoms with Gasteiger partial charge in [0.25, 0.3) is 0 Å². The minimum Gasteiger partial charge on any atom is -0.373 e. The van der Waals surface area contributed by atoms with Crippen LogP contribution in [0.15, 0.2) is 16.8 Å². The minimum absolute atomic E-state index is 0.154. The number of ether oxygens (including phenoxy) is 1. The van der Waals surface area contributed by atoms with Gasteiger partial charge in [0, 0.05) is 32.3 Å². The summed E-state index contributed by atoms with van der Waals surface area (Å²) in [4.78, 5) is 5.32. The lowest BCUT2D eigenvalue weighted by Gasteiger charge is -2.41. The van der Waals surface area contributed by atoms with E-state index in [1.54, 1.807) is 11.3 Å². The summed E-state index contributed by atoms with van der Waals surface area (Å²) in [6.07, 6.45) is 6.52. The molecule has 1 spiro atoms. The molecule has 21 heavy (non-hydrogen) atoms. The number of hydrogen-bond acceptors (Lipinski definition) is 4. The predicted molar refractivity (Wildman–Crippen MR) is 86.7 cm³/mol. The van der Waals surface area contributed by atoms with Gasteiger partial charge in [-0.25, -0.2) is 0 Å². The fourth-order valence-corrected chi connectivity index (χ4v) is 5.07. The van der Waals surface area contributed by atoms with Gasteiger partial charge in [-0.05, 0) is 67.6 Å². The molecule has 0 radical (unpaired) electrons. The first-order valence-corrected chi connectivity index (χ1v) is 9.39. The van der Waals surface area contributed by atoms with Gasteiger partial charge in [-0.15, -0.1) is 0 Å². The van der Waals surface area contributed by atoms with Crippen LogP contribution in [0.2, 0.25) is 0 Å². The molecule has 3 nitrogen and oxygen atoms in total. The highest BCUT2D eigenvalue weighted by Crippen LogP contribution is 2.37. The summed E-state index contributed by atoms with van der Waals surface area (Å²) >= 11 is 1.80. The molecule has 0 N–H and O–H groups in total. The van der Waals surface area contributed by atoms with Gasteiger partial charge in [0.1, 0.15) is 0 Å². The van der Waals surface area contributed by atoms with E-state index in [9.17, 15) is 0 Å². The van der Waals surface area contributed by atoms with Crippen molar-refractivity contribution in [3.8, 4) is 0 Å². The van der Waals surface area contributed by atoms with Gasteiger partial charge >= 0.3 is 0 Å². The third kappa shape index (κ3) is 3.04. The van der Waals surface area contributed by atoms with Crippen LogP contribution in [-0.2, 0) is 11.3 Å². The molecule has 0 bridgehead atoms. The second-order valence-electron chi connectivity index (χ2n) is 7.01. The molecule has 4 heteroatoms. The van der Waals surface area contributed by atoms with Gasteiger partial charge in [0.05, 0.1) is 5.60 Å². The number of nitrogens with zero attached hydrogens (tertiary/aromatic N) is 2. The Labute approximate surface area is 131 Å². The molecular formula is C17H26N2OS. The van der Waals surface area contributed by atoms with Crippen molar-refractivity contribution >= 4 is 11.3 Å². The second-order valence-corrected chi connectivity index (χ2v) is 7.79. The third-order valence-electron chi connectivity index (χ3n) is 5.51. The first kappa shape index (κ1) is 14.2. The van der Waals surface area contributed by atoms with Gasteiger partial charge in [0.15, 0.2) is 0 Å². The predicted octanol–water partition coefficient (Wildman–Crippen LogP) is 2.97. The summed E-state index contributed by atoms with van der Waals surface area (Å²) < 4.78 is 6.30. The SMILES string of the molecule is c1cc(CN2CC[C@]3(C[C@H](N4CCCC4)CCO3)C2)cs1. The quantitative estimate of drug-likeness (QED) is 0.854. The second kappa shape index (κ2) is 5.99. The zero-order chi connectivity index (χ0) is 14.1. The smallest absolute Gasteiger partial charge is 0.0835 e. The maximum atomic E-state index is 6.30. The van der Waals surface area contributed by atoms with Gasteiger partial charge in [-0.1, -0.05) is 0 Å². The van der Waals surface area contributed by atoms with E-state index in [0.29, 0.717) is 0 Å². The largest absolute Gasteiger partial charge is 0.373 e. The Morgan fingerprint density at radius 3 is 3.00 bits per heavy atom. The fourth-order valence-electron chi connectivity index (χ4n) is 4.41. The van der Waals surface area contributed by atoms with E-state index >= 15 is 0 Å². The van der Waals surface area contributed by atoms with Gasteiger partial charge < -0.3 is 9.64 Å². The molecule has 0 aromatic carbocycles. The number of likely N-dealkylation sites (tertiary alicyclic amines) is 2. The first-order chi connectivity index (χ1) is 10.3. The highest BCUT2D eigenvalue weighted by atomic mass is 32.1. The highest BCUT2D eigenvalue weighted by molar-refractivity contribution is 7.07. The molecule has 3 fully saturated rings. The zero-order valence-corrected chi connectivity index (χ0v) is 13.6. The summed E-state index contributed by atoms with van der Waals surface area (Å²) in [6, 6.07) is 3.03. The zero-order valence-electron chi connectivity index (χ0n) is 12.8. The fraction of sp³-hybridized carbons (Fsp3) is 0.765. The van der Waals surface area contributed by atoms with Crippen molar-refractivity contribution in [1.29, 1.82) is 0 Å². The van der Waals surface area contributed by atoms with Crippen LogP contribution in [0.5, 0.6) is 0 Å². The summed E-state index contributed by atoms with van der Waals surface area (Å²) in [5, 5.41) is 4.46. The van der Waals surface area contributed by atoms with Crippen molar-refractivity contribution in [3.05, 3.63) is 22.4 Å². The van der Waals surface area contributed by atoms with Crippen LogP contribution in [-0.4, -0.2) is 54.2 Å². The van der Waals surface area contributed by atoms with E-state index in [4.69, 9.17) is 4.74 Å². The Hall–Kier alpha value is -0.420. The molecule has 0 saturated carbocycles. The van der Waals surface area contributed by atoms with Gasteiger partial charge in [-0.2, -0.15) is 11.3 Å². The van der Waals surface area contributed by atoms with E-state index < -0.39 is 0 Å². The molecule has 3 aliphatic rings. The Morgan fingerprint density at radius 2 is 2.19 bits per heavy atom. The van der Waals surface area contributed by atoms with E-state index in [2.05, 4.69) is 26.6 Å². The average molecular weight is 306 g/mol. The van der Waals surface area contributed by atoms with Crippen molar-refractivity contribution in [1.82, 2.24) is 9.80 Å². The van der Waals surface area contributed by atoms with Gasteiger partial charge in [0.2, 0.25) is 0 Å². The molecule has 3 aliphatic heterocycles. The Morgan fingerprint density at radius 1 is 1.29 bits per heavy atom. The lowest BCUT2D eigenvalue weighted by Crippen LogP contribution is -2.49. The molecule has 116 valence electrons. The Kier molecular flexibility index (Phi) is 4.05. The van der Waals surface area contributed by atoms with Crippen molar-refractivity contribution in [2.75, 3.05) is 32.8 Å². The van der Waals surface area contributed by atoms with Gasteiger partial charge in [-0.3, -0.25) is 4.90 Å². The molecule has 2 atom stereocenters. The third-order valence-corrected chi connectivity index (χ3v) is 6.24. The van der Waals surface area contributed by atoms with Crippen LogP contribution in [0.4, 0.5) is 0 Å². The Bertz CT molecular complexity index is 457. The molecule has 3 saturated heterocycles. The molecule has 4 rings (SSSR count). The molecule has 1 aromatic rings. The van der Waals surface area contributed by atoms with E-state index in [-0.39, 0.29) is 5.60 Å². The van der Waals surface area contributed by atoms with E-state index in [0.717, 1.165) is 25.7 Å². The summed E-state index contributed by atoms with van der Waals surface area (Å²) in [5.41, 5.74) is 1.62. The van der Waals surface area contributed by atoms with Crippen LogP contribution < -0.4 is 0 Å². The van der Waals surface area contributed by atoms with Crippen molar-refractivity contribution in [2.24, 2.45) is 0 Å². The van der Waals surface area contributed by atoms with Crippen LogP contribution in [0.25, 0.3) is 0 Å². The van der Waals surface area contributed by atoms with Crippen LogP contribution in [0, 0.1) is 0 Å². The van der Waals surface area contributed by atoms with Crippen molar-refractivity contribution in [3.63, 3.8) is 0 Å². The molecule has 0 aliphatic carbocycles. The van der Waals surface area contributed by atoms with Crippen molar-refractivity contribution < 1.29 is 4.74 Å². The van der Waals surface area contributed by atoms with E-state index in [1.165, 1.54) is 57.3 Å². The highest BCUT2D eigenvalue weighted by Gasteiger charge is 2.44. The summed E-state index contributed by atoms with van der Waals surface area (Å²) in [7, 11) is 0. The molecule has 1 aromatic heterocycles. The number of thiophene rings is 1. The van der Waals surface area contributed by atoms with E-state index in [1.807, 2.05) is 0 Å². The maximum Gasteiger partial charge on any atom is 0.0835 e. The molecule has 0 amide bonds. The number of rotatable bonds is 3.